The lowest BCUT2D eigenvalue weighted by molar-refractivity contribution is -0.127. The van der Waals surface area contributed by atoms with Gasteiger partial charge in [-0.05, 0) is 19.1 Å². The first-order chi connectivity index (χ1) is 9.56. The van der Waals surface area contributed by atoms with Crippen molar-refractivity contribution >= 4 is 21.9 Å². The second-order valence-electron chi connectivity index (χ2n) is 4.50. The minimum atomic E-state index is -4.20. The van der Waals surface area contributed by atoms with E-state index in [4.69, 9.17) is 5.11 Å². The van der Waals surface area contributed by atoms with E-state index in [9.17, 15) is 22.4 Å². The molecule has 0 bridgehead atoms. The van der Waals surface area contributed by atoms with Crippen LogP contribution in [0.3, 0.4) is 0 Å². The molecule has 9 heteroatoms. The fraction of sp³-hybridized carbons (Fsp3) is 0.333. The standard InChI is InChI=1S/C12H15FN2O5S/c1-7-9(13)4-8(12(17)18)5-10(7)21(19,20)14-6-11(16)15(2)3/h4-5,14H,6H2,1-3H3,(H,17,18). The van der Waals surface area contributed by atoms with E-state index in [2.05, 4.69) is 0 Å². The molecule has 0 aliphatic heterocycles. The molecule has 0 saturated heterocycles. The molecule has 1 amide bonds. The summed E-state index contributed by atoms with van der Waals surface area (Å²) in [6.45, 7) is 0.705. The molecule has 0 aromatic heterocycles. The fourth-order valence-corrected chi connectivity index (χ4v) is 2.70. The molecule has 0 heterocycles. The highest BCUT2D eigenvalue weighted by Crippen LogP contribution is 2.20. The third kappa shape index (κ3) is 3.99. The topological polar surface area (TPSA) is 104 Å². The Morgan fingerprint density at radius 1 is 1.33 bits per heavy atom. The van der Waals surface area contributed by atoms with Crippen molar-refractivity contribution in [2.75, 3.05) is 20.6 Å². The summed E-state index contributed by atoms with van der Waals surface area (Å²) in [6, 6.07) is 1.59. The largest absolute Gasteiger partial charge is 0.478 e. The van der Waals surface area contributed by atoms with Gasteiger partial charge in [0.15, 0.2) is 0 Å². The Morgan fingerprint density at radius 2 is 1.90 bits per heavy atom. The molecular formula is C12H15FN2O5S. The van der Waals surface area contributed by atoms with Crippen LogP contribution in [-0.2, 0) is 14.8 Å². The number of carboxylic acid groups (broad SMARTS) is 1. The lowest BCUT2D eigenvalue weighted by Gasteiger charge is -2.13. The van der Waals surface area contributed by atoms with Gasteiger partial charge in [-0.25, -0.2) is 22.3 Å². The number of nitrogens with zero attached hydrogens (tertiary/aromatic N) is 1. The number of likely N-dealkylation sites (N-methyl/N-ethyl adjacent to an activating group) is 1. The number of nitrogens with one attached hydrogen (secondary N) is 1. The van der Waals surface area contributed by atoms with Crippen molar-refractivity contribution in [2.45, 2.75) is 11.8 Å². The quantitative estimate of drug-likeness (QED) is 0.807. The predicted molar refractivity (Wildman–Crippen MR) is 72.0 cm³/mol. The van der Waals surface area contributed by atoms with Crippen LogP contribution >= 0.6 is 0 Å². The zero-order valence-corrected chi connectivity index (χ0v) is 12.5. The highest BCUT2D eigenvalue weighted by Gasteiger charge is 2.22. The molecule has 1 rings (SSSR count). The molecule has 1 aromatic carbocycles. The van der Waals surface area contributed by atoms with Crippen molar-refractivity contribution < 1.29 is 27.5 Å². The van der Waals surface area contributed by atoms with Gasteiger partial charge in [-0.3, -0.25) is 4.79 Å². The van der Waals surface area contributed by atoms with E-state index in [0.717, 1.165) is 12.1 Å². The number of benzene rings is 1. The van der Waals surface area contributed by atoms with Crippen LogP contribution in [0, 0.1) is 12.7 Å². The molecule has 116 valence electrons. The van der Waals surface area contributed by atoms with Gasteiger partial charge in [-0.2, -0.15) is 0 Å². The first-order valence-electron chi connectivity index (χ1n) is 5.79. The molecule has 0 atom stereocenters. The molecule has 0 spiro atoms. The Bertz CT molecular complexity index is 685. The summed E-state index contributed by atoms with van der Waals surface area (Å²) in [6.07, 6.45) is 0. The summed E-state index contributed by atoms with van der Waals surface area (Å²) in [5.41, 5.74) is -0.706. The average molecular weight is 318 g/mol. The van der Waals surface area contributed by atoms with E-state index >= 15 is 0 Å². The minimum Gasteiger partial charge on any atom is -0.478 e. The number of aromatic carboxylic acids is 1. The number of amides is 1. The number of rotatable bonds is 5. The number of sulfonamides is 1. The van der Waals surface area contributed by atoms with Crippen LogP contribution in [0.5, 0.6) is 0 Å². The van der Waals surface area contributed by atoms with Gasteiger partial charge in [-0.1, -0.05) is 0 Å². The van der Waals surface area contributed by atoms with E-state index in [0.29, 0.717) is 0 Å². The summed E-state index contributed by atoms with van der Waals surface area (Å²) >= 11 is 0. The Morgan fingerprint density at radius 3 is 2.38 bits per heavy atom. The fourth-order valence-electron chi connectivity index (χ4n) is 1.45. The Hall–Kier alpha value is -2.00. The van der Waals surface area contributed by atoms with Gasteiger partial charge >= 0.3 is 5.97 Å². The van der Waals surface area contributed by atoms with Crippen molar-refractivity contribution in [3.63, 3.8) is 0 Å². The van der Waals surface area contributed by atoms with Crippen molar-refractivity contribution in [2.24, 2.45) is 0 Å². The number of halogens is 1. The van der Waals surface area contributed by atoms with Gasteiger partial charge in [0.1, 0.15) is 5.82 Å². The number of hydrogen-bond donors (Lipinski definition) is 2. The van der Waals surface area contributed by atoms with E-state index in [1.807, 2.05) is 4.72 Å². The van der Waals surface area contributed by atoms with E-state index < -0.39 is 44.7 Å². The van der Waals surface area contributed by atoms with Crippen molar-refractivity contribution in [3.05, 3.63) is 29.1 Å². The van der Waals surface area contributed by atoms with Crippen molar-refractivity contribution in [3.8, 4) is 0 Å². The molecule has 7 nitrogen and oxygen atoms in total. The first-order valence-corrected chi connectivity index (χ1v) is 7.28. The van der Waals surface area contributed by atoms with Crippen LogP contribution in [0.1, 0.15) is 15.9 Å². The van der Waals surface area contributed by atoms with Crippen LogP contribution < -0.4 is 4.72 Å². The molecular weight excluding hydrogens is 303 g/mol. The Labute approximate surface area is 121 Å². The van der Waals surface area contributed by atoms with E-state index in [-0.39, 0.29) is 5.56 Å². The molecule has 0 saturated carbocycles. The van der Waals surface area contributed by atoms with Gasteiger partial charge < -0.3 is 10.0 Å². The lowest BCUT2D eigenvalue weighted by Crippen LogP contribution is -2.36. The maximum absolute atomic E-state index is 13.6. The van der Waals surface area contributed by atoms with Crippen LogP contribution in [0.15, 0.2) is 17.0 Å². The Kier molecular flexibility index (Phi) is 5.02. The maximum atomic E-state index is 13.6. The van der Waals surface area contributed by atoms with Crippen LogP contribution in [0.4, 0.5) is 4.39 Å². The third-order valence-electron chi connectivity index (χ3n) is 2.75. The zero-order valence-electron chi connectivity index (χ0n) is 11.7. The molecule has 0 aliphatic rings. The average Bonchev–Trinajstić information content (AvgIpc) is 2.38. The number of carboxylic acids is 1. The second-order valence-corrected chi connectivity index (χ2v) is 6.23. The monoisotopic (exact) mass is 318 g/mol. The van der Waals surface area contributed by atoms with Gasteiger partial charge in [0.05, 0.1) is 17.0 Å². The number of hydrogen-bond acceptors (Lipinski definition) is 4. The van der Waals surface area contributed by atoms with E-state index in [1.54, 1.807) is 0 Å². The second kappa shape index (κ2) is 6.19. The number of carbonyl (C=O) groups excluding carboxylic acids is 1. The van der Waals surface area contributed by atoms with Crippen LogP contribution in [0.2, 0.25) is 0 Å². The summed E-state index contributed by atoms with van der Waals surface area (Å²) in [7, 11) is -1.30. The molecule has 0 radical (unpaired) electrons. The highest BCUT2D eigenvalue weighted by molar-refractivity contribution is 7.89. The third-order valence-corrected chi connectivity index (χ3v) is 4.27. The smallest absolute Gasteiger partial charge is 0.335 e. The lowest BCUT2D eigenvalue weighted by atomic mass is 10.1. The Balaban J connectivity index is 3.19. The summed E-state index contributed by atoms with van der Waals surface area (Å²) < 4.78 is 39.8. The maximum Gasteiger partial charge on any atom is 0.335 e. The molecule has 1 aromatic rings. The van der Waals surface area contributed by atoms with Gasteiger partial charge in [0, 0.05) is 19.7 Å². The normalized spacial score (nSPS) is 11.2. The predicted octanol–water partition coefficient (Wildman–Crippen LogP) is 0.199. The molecule has 0 fully saturated rings. The number of carbonyl (C=O) groups is 2. The van der Waals surface area contributed by atoms with Crippen LogP contribution in [0.25, 0.3) is 0 Å². The van der Waals surface area contributed by atoms with Gasteiger partial charge in [0.2, 0.25) is 15.9 Å². The summed E-state index contributed by atoms with van der Waals surface area (Å²) in [4.78, 5) is 22.9. The first kappa shape index (κ1) is 17.1. The van der Waals surface area contributed by atoms with Crippen molar-refractivity contribution in [1.29, 1.82) is 0 Å². The van der Waals surface area contributed by atoms with Gasteiger partial charge in [0.25, 0.3) is 0 Å². The molecule has 0 aliphatic carbocycles. The zero-order chi connectivity index (χ0) is 16.4. The molecule has 2 N–H and O–H groups in total. The highest BCUT2D eigenvalue weighted by atomic mass is 32.2. The van der Waals surface area contributed by atoms with Crippen LogP contribution in [-0.4, -0.2) is 50.9 Å². The minimum absolute atomic E-state index is 0.218. The molecule has 0 unspecified atom stereocenters. The molecule has 21 heavy (non-hydrogen) atoms. The van der Waals surface area contributed by atoms with Gasteiger partial charge in [-0.15, -0.1) is 0 Å². The summed E-state index contributed by atoms with van der Waals surface area (Å²) in [5, 5.41) is 8.84. The SMILES string of the molecule is Cc1c(F)cc(C(=O)O)cc1S(=O)(=O)NCC(=O)N(C)C. The summed E-state index contributed by atoms with van der Waals surface area (Å²) in [5.74, 6) is -2.89. The van der Waals surface area contributed by atoms with Crippen molar-refractivity contribution in [1.82, 2.24) is 9.62 Å². The van der Waals surface area contributed by atoms with E-state index in [1.165, 1.54) is 25.9 Å².